The quantitative estimate of drug-likeness (QED) is 0.585. The van der Waals surface area contributed by atoms with Gasteiger partial charge in [0.2, 0.25) is 5.78 Å². The summed E-state index contributed by atoms with van der Waals surface area (Å²) in [5, 5.41) is 12.1. The monoisotopic (exact) mass is 429 g/mol. The van der Waals surface area contributed by atoms with Crippen LogP contribution in [0.3, 0.4) is 0 Å². The number of benzene rings is 2. The lowest BCUT2D eigenvalue weighted by atomic mass is 9.89. The van der Waals surface area contributed by atoms with Crippen molar-refractivity contribution >= 4 is 40.6 Å². The molecule has 0 saturated heterocycles. The summed E-state index contributed by atoms with van der Waals surface area (Å²) in [6.07, 6.45) is -0.409. The van der Waals surface area contributed by atoms with Crippen LogP contribution >= 0.6 is 23.2 Å². The normalized spacial score (nSPS) is 18.2. The number of Topliss-reactive ketones (excluding diaryl/α,β-unsaturated/α-hetero) is 1. The van der Waals surface area contributed by atoms with Crippen LogP contribution in [0.25, 0.3) is 0 Å². The van der Waals surface area contributed by atoms with Crippen molar-refractivity contribution in [1.82, 2.24) is 0 Å². The highest BCUT2D eigenvalue weighted by molar-refractivity contribution is 6.42. The maximum atomic E-state index is 13.2. The molecule has 2 heterocycles. The smallest absolute Gasteiger partial charge is 0.264 e. The van der Waals surface area contributed by atoms with E-state index in [1.807, 2.05) is 0 Å². The van der Waals surface area contributed by atoms with E-state index in [0.29, 0.717) is 27.1 Å². The topological polar surface area (TPSA) is 70.8 Å². The SMILES string of the molecule is Cc1ccc(C(=O)CC2(O)C(=O)N(Cc3ccc(Cl)c(Cl)c3)c3ccccc32)o1. The van der Waals surface area contributed by atoms with Crippen LogP contribution in [0.1, 0.15) is 33.9 Å². The molecule has 1 unspecified atom stereocenters. The van der Waals surface area contributed by atoms with Gasteiger partial charge in [0.25, 0.3) is 5.91 Å². The van der Waals surface area contributed by atoms with Crippen molar-refractivity contribution in [3.05, 3.63) is 87.3 Å². The van der Waals surface area contributed by atoms with Gasteiger partial charge in [-0.1, -0.05) is 47.5 Å². The third kappa shape index (κ3) is 3.46. The van der Waals surface area contributed by atoms with Crippen molar-refractivity contribution in [1.29, 1.82) is 0 Å². The van der Waals surface area contributed by atoms with Gasteiger partial charge in [-0.25, -0.2) is 0 Å². The molecule has 0 fully saturated rings. The largest absolute Gasteiger partial charge is 0.458 e. The highest BCUT2D eigenvalue weighted by Crippen LogP contribution is 2.43. The molecule has 29 heavy (non-hydrogen) atoms. The zero-order chi connectivity index (χ0) is 20.8. The van der Waals surface area contributed by atoms with Gasteiger partial charge in [-0.2, -0.15) is 0 Å². The minimum absolute atomic E-state index is 0.115. The maximum absolute atomic E-state index is 13.2. The minimum atomic E-state index is -1.97. The Morgan fingerprint density at radius 1 is 1.10 bits per heavy atom. The Labute approximate surface area is 177 Å². The van der Waals surface area contributed by atoms with Crippen LogP contribution in [0.5, 0.6) is 0 Å². The molecule has 0 bridgehead atoms. The Morgan fingerprint density at radius 3 is 2.55 bits per heavy atom. The second-order valence-corrected chi connectivity index (χ2v) is 7.84. The number of fused-ring (bicyclic) bond motifs is 1. The van der Waals surface area contributed by atoms with Gasteiger partial charge in [-0.05, 0) is 42.8 Å². The van der Waals surface area contributed by atoms with Gasteiger partial charge in [0, 0.05) is 5.56 Å². The number of hydrogen-bond acceptors (Lipinski definition) is 4. The summed E-state index contributed by atoms with van der Waals surface area (Å²) in [6.45, 7) is 1.91. The predicted octanol–water partition coefficient (Wildman–Crippen LogP) is 4.90. The van der Waals surface area contributed by atoms with Crippen molar-refractivity contribution in [3.8, 4) is 0 Å². The van der Waals surface area contributed by atoms with Gasteiger partial charge < -0.3 is 14.4 Å². The predicted molar refractivity (Wildman–Crippen MR) is 110 cm³/mol. The molecule has 2 aromatic carbocycles. The van der Waals surface area contributed by atoms with E-state index in [0.717, 1.165) is 5.56 Å². The molecule has 0 radical (unpaired) electrons. The first-order valence-electron chi connectivity index (χ1n) is 8.97. The lowest BCUT2D eigenvalue weighted by molar-refractivity contribution is -0.136. The van der Waals surface area contributed by atoms with Crippen molar-refractivity contribution in [3.63, 3.8) is 0 Å². The number of rotatable bonds is 5. The van der Waals surface area contributed by atoms with Crippen LogP contribution in [0.15, 0.2) is 59.0 Å². The number of ketones is 1. The number of aryl methyl sites for hydroxylation is 1. The summed E-state index contributed by atoms with van der Waals surface area (Å²) >= 11 is 12.1. The van der Waals surface area contributed by atoms with Gasteiger partial charge in [0.1, 0.15) is 5.76 Å². The summed E-state index contributed by atoms with van der Waals surface area (Å²) in [7, 11) is 0. The average Bonchev–Trinajstić information content (AvgIpc) is 3.21. The number of carbonyl (C=O) groups excluding carboxylic acids is 2. The van der Waals surface area contributed by atoms with E-state index < -0.39 is 23.7 Å². The van der Waals surface area contributed by atoms with Crippen molar-refractivity contribution in [2.45, 2.75) is 25.5 Å². The minimum Gasteiger partial charge on any atom is -0.458 e. The second kappa shape index (κ2) is 7.34. The summed E-state index contributed by atoms with van der Waals surface area (Å²) < 4.78 is 5.36. The van der Waals surface area contributed by atoms with Gasteiger partial charge in [-0.15, -0.1) is 0 Å². The first-order chi connectivity index (χ1) is 13.8. The average molecular weight is 430 g/mol. The van der Waals surface area contributed by atoms with E-state index in [2.05, 4.69) is 0 Å². The third-order valence-electron chi connectivity index (χ3n) is 5.00. The molecule has 7 heteroatoms. The first kappa shape index (κ1) is 19.7. The van der Waals surface area contributed by atoms with Crippen LogP contribution in [0.2, 0.25) is 10.0 Å². The fourth-order valence-electron chi connectivity index (χ4n) is 3.56. The standard InChI is InChI=1S/C22H17Cl2NO4/c1-13-6-9-20(29-13)19(26)11-22(28)15-4-2-3-5-18(15)25(21(22)27)12-14-7-8-16(23)17(24)10-14/h2-10,28H,11-12H2,1H3. The second-order valence-electron chi connectivity index (χ2n) is 7.03. The number of aliphatic hydroxyl groups is 1. The lowest BCUT2D eigenvalue weighted by Gasteiger charge is -2.22. The Balaban J connectivity index is 1.68. The molecule has 0 spiro atoms. The highest BCUT2D eigenvalue weighted by atomic mass is 35.5. The number of anilines is 1. The Hall–Kier alpha value is -2.60. The van der Waals surface area contributed by atoms with E-state index >= 15 is 0 Å². The fourth-order valence-corrected chi connectivity index (χ4v) is 3.88. The summed E-state index contributed by atoms with van der Waals surface area (Å²) in [5.41, 5.74) is -0.277. The molecule has 1 atom stereocenters. The van der Waals surface area contributed by atoms with Crippen LogP contribution in [-0.2, 0) is 16.9 Å². The molecule has 0 aliphatic carbocycles. The van der Waals surface area contributed by atoms with E-state index in [-0.39, 0.29) is 12.3 Å². The molecular formula is C22H17Cl2NO4. The number of carbonyl (C=O) groups is 2. The highest BCUT2D eigenvalue weighted by Gasteiger charge is 2.51. The van der Waals surface area contributed by atoms with Gasteiger partial charge >= 0.3 is 0 Å². The lowest BCUT2D eigenvalue weighted by Crippen LogP contribution is -2.41. The number of nitrogens with zero attached hydrogens (tertiary/aromatic N) is 1. The van der Waals surface area contributed by atoms with Crippen molar-refractivity contribution < 1.29 is 19.1 Å². The van der Waals surface area contributed by atoms with Gasteiger partial charge in [0.05, 0.1) is 28.7 Å². The summed E-state index contributed by atoms with van der Waals surface area (Å²) in [4.78, 5) is 27.4. The van der Waals surface area contributed by atoms with Crippen LogP contribution in [0, 0.1) is 6.92 Å². The molecule has 1 aliphatic rings. The van der Waals surface area contributed by atoms with Crippen LogP contribution < -0.4 is 4.90 Å². The molecule has 1 N–H and O–H groups in total. The number of para-hydroxylation sites is 1. The summed E-state index contributed by atoms with van der Waals surface area (Å²) in [5.74, 6) is -0.314. The molecule has 1 aromatic heterocycles. The van der Waals surface area contributed by atoms with Gasteiger partial charge in [0.15, 0.2) is 11.4 Å². The third-order valence-corrected chi connectivity index (χ3v) is 5.73. The summed E-state index contributed by atoms with van der Waals surface area (Å²) in [6, 6.07) is 15.2. The number of hydrogen-bond donors (Lipinski definition) is 1. The van der Waals surface area contributed by atoms with E-state index in [4.69, 9.17) is 27.6 Å². The van der Waals surface area contributed by atoms with Gasteiger partial charge in [-0.3, -0.25) is 9.59 Å². The van der Waals surface area contributed by atoms with E-state index in [9.17, 15) is 14.7 Å². The van der Waals surface area contributed by atoms with Crippen LogP contribution in [-0.4, -0.2) is 16.8 Å². The Bertz CT molecular complexity index is 1120. The fraction of sp³-hybridized carbons (Fsp3) is 0.182. The molecule has 5 nitrogen and oxygen atoms in total. The molecule has 0 saturated carbocycles. The first-order valence-corrected chi connectivity index (χ1v) is 9.72. The Kier molecular flexibility index (Phi) is 4.99. The van der Waals surface area contributed by atoms with Crippen molar-refractivity contribution in [2.24, 2.45) is 0 Å². The molecule has 3 aromatic rings. The molecule has 1 amide bonds. The maximum Gasteiger partial charge on any atom is 0.264 e. The zero-order valence-corrected chi connectivity index (χ0v) is 17.0. The zero-order valence-electron chi connectivity index (χ0n) is 15.5. The number of halogens is 2. The van der Waals surface area contributed by atoms with Crippen molar-refractivity contribution in [2.75, 3.05) is 4.90 Å². The number of furan rings is 1. The van der Waals surface area contributed by atoms with E-state index in [1.54, 1.807) is 61.5 Å². The van der Waals surface area contributed by atoms with E-state index in [1.165, 1.54) is 4.90 Å². The molecule has 4 rings (SSSR count). The van der Waals surface area contributed by atoms with Crippen LogP contribution in [0.4, 0.5) is 5.69 Å². The molecule has 148 valence electrons. The molecule has 1 aliphatic heterocycles. The number of amides is 1. The Morgan fingerprint density at radius 2 is 1.86 bits per heavy atom. The molecular weight excluding hydrogens is 413 g/mol.